The summed E-state index contributed by atoms with van der Waals surface area (Å²) in [5.41, 5.74) is -7.56. The molecule has 2 aliphatic heterocycles. The summed E-state index contributed by atoms with van der Waals surface area (Å²) in [6.07, 6.45) is -9.09. The maximum absolute atomic E-state index is 14.7. The molecule has 304 valence electrons. The van der Waals surface area contributed by atoms with Crippen molar-refractivity contribution in [3.63, 3.8) is 0 Å². The summed E-state index contributed by atoms with van der Waals surface area (Å²) >= 11 is 0. The minimum Gasteiger partial charge on any atom is -0.467 e. The third-order valence-electron chi connectivity index (χ3n) is 12.9. The third-order valence-corrected chi connectivity index (χ3v) is 12.9. The molecule has 18 heteroatoms. The van der Waals surface area contributed by atoms with E-state index in [2.05, 4.69) is 5.32 Å². The van der Waals surface area contributed by atoms with E-state index in [0.29, 0.717) is 13.2 Å². The topological polar surface area (TPSA) is 235 Å². The number of ketones is 1. The number of aliphatic hydroxyl groups excluding tert-OH is 3. The van der Waals surface area contributed by atoms with Crippen LogP contribution in [0.2, 0.25) is 0 Å². The van der Waals surface area contributed by atoms with Crippen LogP contribution in [-0.2, 0) is 28.5 Å². The Morgan fingerprint density at radius 2 is 1.65 bits per heavy atom. The molecule has 1 aromatic heterocycles. The standard InChI is InChI=1S/C39H48N2O14.2Ac/c1-20-23(54-34(47)29(44)27(22-11-8-14-52-22)40-35(48)41-12-15-51-16-13-41)18-39(50)32(55-33(46)21-9-6-5-7-10-21)30-37(4,24(42)17-25-38(30,49)19-53-25)31(45)28(43)26(20)36(39,2)3;;/h5-11,14,23-25,27-30,32,42-44,49-50H,12-13,15-19H2,1-4H3,(H,40,48);;/t23?,24?,25?,27?,28?,29?,30?,32?,37-,38?,39?;;/m1../s1. The fraction of sp³-hybridized carbons (Fsp3) is 0.590. The molecule has 7 rings (SSSR count). The van der Waals surface area contributed by atoms with Crippen LogP contribution in [0.4, 0.5) is 4.79 Å². The zero-order valence-electron chi connectivity index (χ0n) is 32.2. The van der Waals surface area contributed by atoms with Crippen LogP contribution in [0.3, 0.4) is 0 Å². The number of rotatable bonds is 7. The Kier molecular flexibility index (Phi) is 14.4. The number of fused-ring (bicyclic) bond motifs is 5. The van der Waals surface area contributed by atoms with Crippen molar-refractivity contribution in [1.29, 1.82) is 0 Å². The molecule has 3 aliphatic carbocycles. The fourth-order valence-electron chi connectivity index (χ4n) is 9.49. The predicted octanol–water partition coefficient (Wildman–Crippen LogP) is 0.799. The number of amides is 2. The molecule has 2 aromatic rings. The number of nitrogens with one attached hydrogen (secondary N) is 1. The Hall–Kier alpha value is -1.28. The van der Waals surface area contributed by atoms with E-state index >= 15 is 0 Å². The molecular formula is C39H48Ac2N2O14. The molecule has 57 heavy (non-hydrogen) atoms. The van der Waals surface area contributed by atoms with Crippen molar-refractivity contribution in [1.82, 2.24) is 10.2 Å². The summed E-state index contributed by atoms with van der Waals surface area (Å²) in [6.45, 7) is 6.82. The number of aliphatic hydroxyl groups is 5. The van der Waals surface area contributed by atoms with Crippen molar-refractivity contribution in [2.24, 2.45) is 16.7 Å². The Balaban J connectivity index is 0.00000310. The molecule has 2 radical (unpaired) electrons. The molecule has 2 saturated heterocycles. The first-order valence-electron chi connectivity index (χ1n) is 18.5. The average molecular weight is 1220 g/mol. The van der Waals surface area contributed by atoms with Crippen LogP contribution < -0.4 is 5.32 Å². The minimum absolute atomic E-state index is 0. The SMILES string of the molecule is CC1=C2C(O)C(=O)[C@]3(C)C(O)CC4OCC4(O)C3C(OC(=O)c3ccccc3)C(O)(CC1OC(=O)C(O)C(NC(=O)N1CCOCC1)c1ccco1)C2(C)C.[Ac].[Ac]. The van der Waals surface area contributed by atoms with E-state index in [1.165, 1.54) is 49.3 Å². The molecule has 6 N–H and O–H groups in total. The smallest absolute Gasteiger partial charge is 0.338 e. The molecule has 3 heterocycles. The van der Waals surface area contributed by atoms with Crippen molar-refractivity contribution in [2.75, 3.05) is 32.9 Å². The second kappa shape index (κ2) is 17.6. The van der Waals surface area contributed by atoms with Gasteiger partial charge in [0, 0.05) is 125 Å². The van der Waals surface area contributed by atoms with Crippen LogP contribution in [0.5, 0.6) is 0 Å². The Morgan fingerprint density at radius 3 is 2.25 bits per heavy atom. The molecule has 1 aromatic carbocycles. The van der Waals surface area contributed by atoms with Crippen molar-refractivity contribution < 1.29 is 156 Å². The molecule has 11 atom stereocenters. The average Bonchev–Trinajstić information content (AvgIpc) is 3.71. The first-order chi connectivity index (χ1) is 26.0. The van der Waals surface area contributed by atoms with E-state index < -0.39 is 101 Å². The first kappa shape index (κ1) is 46.8. The maximum atomic E-state index is 14.7. The van der Waals surface area contributed by atoms with Crippen LogP contribution >= 0.6 is 0 Å². The number of urea groups is 1. The quantitative estimate of drug-likeness (QED) is 0.166. The van der Waals surface area contributed by atoms with Crippen LogP contribution in [0.15, 0.2) is 64.3 Å². The number of carbonyl (C=O) groups excluding carboxylic acids is 4. The summed E-state index contributed by atoms with van der Waals surface area (Å²) in [5, 5.41) is 63.2. The third kappa shape index (κ3) is 7.79. The number of hydrogen-bond acceptors (Lipinski definition) is 14. The number of nitrogens with zero attached hydrogens (tertiary/aromatic N) is 1. The molecule has 5 aliphatic rings. The van der Waals surface area contributed by atoms with Gasteiger partial charge >= 0.3 is 18.0 Å². The fourth-order valence-corrected chi connectivity index (χ4v) is 9.49. The Labute approximate surface area is 401 Å². The number of benzene rings is 1. The predicted molar refractivity (Wildman–Crippen MR) is 188 cm³/mol. The van der Waals surface area contributed by atoms with Crippen LogP contribution in [0.25, 0.3) is 0 Å². The Bertz CT molecular complexity index is 1860. The van der Waals surface area contributed by atoms with E-state index in [1.54, 1.807) is 32.0 Å². The van der Waals surface area contributed by atoms with Gasteiger partial charge in [0.25, 0.3) is 0 Å². The zero-order valence-corrected chi connectivity index (χ0v) is 41.7. The molecule has 0 spiro atoms. The summed E-state index contributed by atoms with van der Waals surface area (Å²) in [5.74, 6) is -4.52. The molecule has 2 amide bonds. The number of esters is 2. The van der Waals surface area contributed by atoms with E-state index in [0.717, 1.165) is 0 Å². The van der Waals surface area contributed by atoms with Crippen LogP contribution in [0.1, 0.15) is 62.7 Å². The van der Waals surface area contributed by atoms with Gasteiger partial charge in [0.15, 0.2) is 11.9 Å². The normalized spacial score (nSPS) is 35.2. The van der Waals surface area contributed by atoms with Crippen molar-refractivity contribution in [3.05, 3.63) is 71.2 Å². The minimum atomic E-state index is -2.31. The molecule has 4 fully saturated rings. The van der Waals surface area contributed by atoms with Gasteiger partial charge in [0.2, 0.25) is 0 Å². The summed E-state index contributed by atoms with van der Waals surface area (Å²) < 4.78 is 28.6. The van der Waals surface area contributed by atoms with E-state index in [-0.39, 0.29) is 137 Å². The van der Waals surface area contributed by atoms with Crippen LogP contribution in [-0.4, -0.2) is 135 Å². The molecule has 2 bridgehead atoms. The van der Waals surface area contributed by atoms with Gasteiger partial charge in [-0.05, 0) is 49.3 Å². The van der Waals surface area contributed by atoms with Gasteiger partial charge in [-0.1, -0.05) is 32.0 Å². The van der Waals surface area contributed by atoms with Gasteiger partial charge < -0.3 is 59.1 Å². The number of Topliss-reactive ketones (excluding diaryl/α,β-unsaturated/α-hetero) is 1. The number of ether oxygens (including phenoxy) is 4. The summed E-state index contributed by atoms with van der Waals surface area (Å²) in [6, 6.07) is 8.85. The number of carbonyl (C=O) groups is 4. The zero-order chi connectivity index (χ0) is 39.7. The van der Waals surface area contributed by atoms with Gasteiger partial charge in [-0.15, -0.1) is 0 Å². The number of hydrogen-bond donors (Lipinski definition) is 6. The van der Waals surface area contributed by atoms with Gasteiger partial charge in [-0.2, -0.15) is 0 Å². The summed E-state index contributed by atoms with van der Waals surface area (Å²) in [7, 11) is 0. The van der Waals surface area contributed by atoms with E-state index in [1.807, 2.05) is 0 Å². The molecular weight excluding hydrogens is 1170 g/mol. The van der Waals surface area contributed by atoms with Gasteiger partial charge in [0.05, 0.1) is 49.3 Å². The summed E-state index contributed by atoms with van der Waals surface area (Å²) in [4.78, 5) is 57.2. The second-order valence-corrected chi connectivity index (χ2v) is 16.0. The van der Waals surface area contributed by atoms with Crippen molar-refractivity contribution in [3.8, 4) is 0 Å². The monoisotopic (exact) mass is 1220 g/mol. The van der Waals surface area contributed by atoms with Gasteiger partial charge in [-0.3, -0.25) is 4.79 Å². The van der Waals surface area contributed by atoms with Crippen molar-refractivity contribution >= 4 is 23.8 Å². The largest absolute Gasteiger partial charge is 0.467 e. The van der Waals surface area contributed by atoms with Crippen LogP contribution in [0, 0.1) is 105 Å². The maximum Gasteiger partial charge on any atom is 0.338 e. The second-order valence-electron chi connectivity index (χ2n) is 16.0. The van der Waals surface area contributed by atoms with E-state index in [4.69, 9.17) is 23.4 Å². The number of morpholine rings is 1. The van der Waals surface area contributed by atoms with Gasteiger partial charge in [-0.25, -0.2) is 14.4 Å². The van der Waals surface area contributed by atoms with E-state index in [9.17, 15) is 44.7 Å². The van der Waals surface area contributed by atoms with Crippen molar-refractivity contribution in [2.45, 2.75) is 94.4 Å². The molecule has 2 saturated carbocycles. The molecule has 16 nitrogen and oxygen atoms in total. The first-order valence-corrected chi connectivity index (χ1v) is 18.5. The Morgan fingerprint density at radius 1 is 0.982 bits per heavy atom. The molecule has 10 unspecified atom stereocenters. The van der Waals surface area contributed by atoms with Gasteiger partial charge in [0.1, 0.15) is 41.3 Å². The number of furan rings is 1.